The van der Waals surface area contributed by atoms with Gasteiger partial charge in [0.05, 0.1) is 28.6 Å². The number of piperidine rings is 1. The van der Waals surface area contributed by atoms with E-state index in [1.807, 2.05) is 12.4 Å². The first-order valence-electron chi connectivity index (χ1n) is 6.27. The average molecular weight is 284 g/mol. The molecule has 0 atom stereocenters. The predicted molar refractivity (Wildman–Crippen MR) is 75.2 cm³/mol. The third kappa shape index (κ3) is 2.22. The maximum Gasteiger partial charge on any atom is 0.109 e. The van der Waals surface area contributed by atoms with Crippen LogP contribution in [0.2, 0.25) is 10.0 Å². The Morgan fingerprint density at radius 2 is 1.78 bits per heavy atom. The fourth-order valence-corrected chi connectivity index (χ4v) is 3.00. The van der Waals surface area contributed by atoms with Crippen LogP contribution in [0.15, 0.2) is 18.5 Å². The predicted octanol–water partition coefficient (Wildman–Crippen LogP) is 3.79. The molecule has 96 valence electrons. The Hall–Kier alpha value is -0.770. The number of benzene rings is 1. The van der Waals surface area contributed by atoms with Crippen LogP contribution in [0.5, 0.6) is 0 Å². The van der Waals surface area contributed by atoms with Crippen LogP contribution in [0.1, 0.15) is 19.3 Å². The van der Waals surface area contributed by atoms with E-state index in [0.717, 1.165) is 30.8 Å². The second kappa shape index (κ2) is 5.08. The molecule has 1 fully saturated rings. The molecule has 0 saturated carbocycles. The summed E-state index contributed by atoms with van der Waals surface area (Å²) >= 11 is 12.4. The average Bonchev–Trinajstić information content (AvgIpc) is 2.80. The third-order valence-electron chi connectivity index (χ3n) is 3.47. The van der Waals surface area contributed by atoms with E-state index in [4.69, 9.17) is 23.2 Å². The van der Waals surface area contributed by atoms with E-state index in [2.05, 4.69) is 14.5 Å². The van der Waals surface area contributed by atoms with Crippen LogP contribution < -0.4 is 0 Å². The molecule has 0 spiro atoms. The Morgan fingerprint density at radius 3 is 2.56 bits per heavy atom. The van der Waals surface area contributed by atoms with Crippen LogP contribution in [-0.2, 0) is 6.67 Å². The number of nitrogens with zero attached hydrogens (tertiary/aromatic N) is 3. The van der Waals surface area contributed by atoms with Crippen molar-refractivity contribution in [3.8, 4) is 0 Å². The lowest BCUT2D eigenvalue weighted by molar-refractivity contribution is 0.185. The van der Waals surface area contributed by atoms with E-state index in [-0.39, 0.29) is 0 Å². The van der Waals surface area contributed by atoms with Gasteiger partial charge in [-0.2, -0.15) is 0 Å². The Kier molecular flexibility index (Phi) is 3.46. The van der Waals surface area contributed by atoms with Gasteiger partial charge in [0.1, 0.15) is 5.52 Å². The van der Waals surface area contributed by atoms with E-state index < -0.39 is 0 Å². The zero-order chi connectivity index (χ0) is 12.5. The van der Waals surface area contributed by atoms with Crippen molar-refractivity contribution in [1.82, 2.24) is 14.5 Å². The molecular weight excluding hydrogens is 269 g/mol. The molecule has 0 N–H and O–H groups in total. The van der Waals surface area contributed by atoms with E-state index in [0.29, 0.717) is 10.0 Å². The van der Waals surface area contributed by atoms with Gasteiger partial charge >= 0.3 is 0 Å². The van der Waals surface area contributed by atoms with Crippen molar-refractivity contribution in [3.63, 3.8) is 0 Å². The maximum atomic E-state index is 6.26. The van der Waals surface area contributed by atoms with E-state index in [1.54, 1.807) is 6.07 Å². The summed E-state index contributed by atoms with van der Waals surface area (Å²) in [6.45, 7) is 3.15. The van der Waals surface area contributed by atoms with Gasteiger partial charge in [-0.05, 0) is 38.1 Å². The fraction of sp³-hybridized carbons (Fsp3) is 0.462. The quantitative estimate of drug-likeness (QED) is 0.836. The highest BCUT2D eigenvalue weighted by atomic mass is 35.5. The fourth-order valence-electron chi connectivity index (χ4n) is 2.54. The molecule has 1 aromatic heterocycles. The summed E-state index contributed by atoms with van der Waals surface area (Å²) in [5.41, 5.74) is 1.73. The monoisotopic (exact) mass is 283 g/mol. The SMILES string of the molecule is Clc1ccc(Cl)c2c1ncn2CN1CCCCC1. The van der Waals surface area contributed by atoms with Crippen molar-refractivity contribution in [1.29, 1.82) is 0 Å². The second-order valence-corrected chi connectivity index (χ2v) is 5.58. The molecule has 1 aromatic carbocycles. The summed E-state index contributed by atoms with van der Waals surface area (Å²) in [4.78, 5) is 6.80. The summed E-state index contributed by atoms with van der Waals surface area (Å²) in [6.07, 6.45) is 5.73. The first-order valence-corrected chi connectivity index (χ1v) is 7.02. The molecule has 18 heavy (non-hydrogen) atoms. The number of imidazole rings is 1. The Balaban J connectivity index is 1.94. The number of rotatable bonds is 2. The van der Waals surface area contributed by atoms with Gasteiger partial charge in [-0.15, -0.1) is 0 Å². The van der Waals surface area contributed by atoms with Crippen LogP contribution in [0.4, 0.5) is 0 Å². The molecule has 5 heteroatoms. The number of halogens is 2. The topological polar surface area (TPSA) is 21.1 Å². The summed E-state index contributed by atoms with van der Waals surface area (Å²) in [6, 6.07) is 3.63. The minimum atomic E-state index is 0.659. The highest BCUT2D eigenvalue weighted by Gasteiger charge is 2.14. The van der Waals surface area contributed by atoms with Crippen LogP contribution in [0.3, 0.4) is 0 Å². The molecule has 2 heterocycles. The number of aromatic nitrogens is 2. The standard InChI is InChI=1S/C13H15Cl2N3/c14-10-4-5-11(15)13-12(10)16-8-18(13)9-17-6-2-1-3-7-17/h4-5,8H,1-3,6-7,9H2. The van der Waals surface area contributed by atoms with Crippen LogP contribution >= 0.6 is 23.2 Å². The van der Waals surface area contributed by atoms with Crippen LogP contribution in [0, 0.1) is 0 Å². The van der Waals surface area contributed by atoms with Crippen molar-refractivity contribution < 1.29 is 0 Å². The molecule has 0 aliphatic carbocycles. The highest BCUT2D eigenvalue weighted by Crippen LogP contribution is 2.29. The number of likely N-dealkylation sites (tertiary alicyclic amines) is 1. The van der Waals surface area contributed by atoms with Gasteiger partial charge in [-0.3, -0.25) is 4.90 Å². The Bertz CT molecular complexity index is 559. The molecule has 1 saturated heterocycles. The number of hydrogen-bond acceptors (Lipinski definition) is 2. The molecule has 1 aliphatic rings. The van der Waals surface area contributed by atoms with Gasteiger partial charge in [-0.25, -0.2) is 4.98 Å². The van der Waals surface area contributed by atoms with Gasteiger partial charge in [0.25, 0.3) is 0 Å². The maximum absolute atomic E-state index is 6.26. The molecule has 1 aliphatic heterocycles. The normalized spacial score (nSPS) is 17.4. The first-order chi connectivity index (χ1) is 8.75. The molecule has 2 aromatic rings. The first kappa shape index (κ1) is 12.3. The lowest BCUT2D eigenvalue weighted by Gasteiger charge is -2.26. The summed E-state index contributed by atoms with van der Waals surface area (Å²) < 4.78 is 2.09. The summed E-state index contributed by atoms with van der Waals surface area (Å²) in [5, 5.41) is 1.37. The van der Waals surface area contributed by atoms with Crippen LogP contribution in [0.25, 0.3) is 11.0 Å². The van der Waals surface area contributed by atoms with Crippen molar-refractivity contribution in [3.05, 3.63) is 28.5 Å². The van der Waals surface area contributed by atoms with E-state index in [9.17, 15) is 0 Å². The van der Waals surface area contributed by atoms with Crippen molar-refractivity contribution in [2.45, 2.75) is 25.9 Å². The van der Waals surface area contributed by atoms with Gasteiger partial charge in [-0.1, -0.05) is 29.6 Å². The number of fused-ring (bicyclic) bond motifs is 1. The largest absolute Gasteiger partial charge is 0.316 e. The second-order valence-electron chi connectivity index (χ2n) is 4.76. The van der Waals surface area contributed by atoms with E-state index in [1.165, 1.54) is 19.3 Å². The minimum Gasteiger partial charge on any atom is -0.316 e. The van der Waals surface area contributed by atoms with Gasteiger partial charge in [0.15, 0.2) is 0 Å². The molecule has 3 nitrogen and oxygen atoms in total. The molecular formula is C13H15Cl2N3. The van der Waals surface area contributed by atoms with Gasteiger partial charge in [0, 0.05) is 0 Å². The van der Waals surface area contributed by atoms with Gasteiger partial charge in [0.2, 0.25) is 0 Å². The van der Waals surface area contributed by atoms with Crippen molar-refractivity contribution >= 4 is 34.2 Å². The Labute approximate surface area is 116 Å². The number of hydrogen-bond donors (Lipinski definition) is 0. The van der Waals surface area contributed by atoms with Crippen molar-refractivity contribution in [2.24, 2.45) is 0 Å². The van der Waals surface area contributed by atoms with Crippen LogP contribution in [-0.4, -0.2) is 27.5 Å². The molecule has 0 radical (unpaired) electrons. The smallest absolute Gasteiger partial charge is 0.109 e. The minimum absolute atomic E-state index is 0.659. The summed E-state index contributed by atoms with van der Waals surface area (Å²) in [7, 11) is 0. The lowest BCUT2D eigenvalue weighted by atomic mass is 10.1. The molecule has 0 amide bonds. The third-order valence-corrected chi connectivity index (χ3v) is 4.08. The lowest BCUT2D eigenvalue weighted by Crippen LogP contribution is -2.31. The summed E-state index contributed by atoms with van der Waals surface area (Å²) in [5.74, 6) is 0. The van der Waals surface area contributed by atoms with E-state index >= 15 is 0 Å². The molecule has 0 unspecified atom stereocenters. The van der Waals surface area contributed by atoms with Crippen molar-refractivity contribution in [2.75, 3.05) is 13.1 Å². The zero-order valence-corrected chi connectivity index (χ0v) is 11.6. The zero-order valence-electron chi connectivity index (χ0n) is 10.1. The van der Waals surface area contributed by atoms with Gasteiger partial charge < -0.3 is 4.57 Å². The molecule has 3 rings (SSSR count). The molecule has 0 bridgehead atoms. The Morgan fingerprint density at radius 1 is 1.06 bits per heavy atom. The highest BCUT2D eigenvalue weighted by molar-refractivity contribution is 6.39.